The number of imidazole rings is 2. The van der Waals surface area contributed by atoms with Gasteiger partial charge in [-0.25, -0.2) is 28.7 Å². The normalized spacial score (nSPS) is 19.5. The molecule has 2 aromatic rings. The van der Waals surface area contributed by atoms with E-state index in [1.54, 1.807) is 0 Å². The molecule has 0 bridgehead atoms. The molecule has 10 heteroatoms. The van der Waals surface area contributed by atoms with Gasteiger partial charge in [0.15, 0.2) is 0 Å². The fourth-order valence-corrected chi connectivity index (χ4v) is 2.86. The van der Waals surface area contributed by atoms with Gasteiger partial charge in [-0.15, -0.1) is 0 Å². The van der Waals surface area contributed by atoms with Crippen LogP contribution in [0.4, 0.5) is 9.59 Å². The summed E-state index contributed by atoms with van der Waals surface area (Å²) < 4.78 is 11.7. The molecule has 1 fully saturated rings. The van der Waals surface area contributed by atoms with Gasteiger partial charge in [0, 0.05) is 24.8 Å². The molecule has 2 aromatic heterocycles. The van der Waals surface area contributed by atoms with Crippen LogP contribution < -0.4 is 0 Å². The average molecular weight is 360 g/mol. The fraction of sp³-hybridized carbons (Fsp3) is 0.375. The highest BCUT2D eigenvalue weighted by Crippen LogP contribution is 2.32. The molecule has 3 rings (SSSR count). The monoisotopic (exact) mass is 360 g/mol. The van der Waals surface area contributed by atoms with Crippen molar-refractivity contribution in [3.05, 3.63) is 37.4 Å². The molecule has 0 amide bonds. The zero-order chi connectivity index (χ0) is 18.5. The number of carbonyl (C=O) groups is 4. The summed E-state index contributed by atoms with van der Waals surface area (Å²) in [7, 11) is 0. The minimum atomic E-state index is -0.903. The molecular weight excluding hydrogens is 344 g/mol. The van der Waals surface area contributed by atoms with Crippen molar-refractivity contribution in [2.45, 2.75) is 25.7 Å². The van der Waals surface area contributed by atoms with Gasteiger partial charge in [-0.05, 0) is 12.8 Å². The summed E-state index contributed by atoms with van der Waals surface area (Å²) in [6, 6.07) is 0. The molecular formula is C16H16N4O6. The molecule has 1 aliphatic carbocycles. The number of carbonyl (C=O) groups excluding carboxylic acids is 4. The van der Waals surface area contributed by atoms with Crippen molar-refractivity contribution in [1.29, 1.82) is 0 Å². The molecule has 0 spiro atoms. The van der Waals surface area contributed by atoms with Crippen LogP contribution >= 0.6 is 0 Å². The third-order valence-corrected chi connectivity index (χ3v) is 4.18. The first-order chi connectivity index (χ1) is 12.6. The molecule has 2 heterocycles. The summed E-state index contributed by atoms with van der Waals surface area (Å²) in [5, 5.41) is 0. The minimum absolute atomic E-state index is 0.370. The van der Waals surface area contributed by atoms with Gasteiger partial charge in [0.05, 0.1) is 11.8 Å². The van der Waals surface area contributed by atoms with Crippen molar-refractivity contribution >= 4 is 24.1 Å². The van der Waals surface area contributed by atoms with Gasteiger partial charge in [-0.2, -0.15) is 0 Å². The van der Waals surface area contributed by atoms with E-state index in [9.17, 15) is 19.2 Å². The Labute approximate surface area is 147 Å². The number of esters is 2. The minimum Gasteiger partial charge on any atom is -0.375 e. The predicted molar refractivity (Wildman–Crippen MR) is 83.7 cm³/mol. The molecule has 2 atom stereocenters. The first kappa shape index (κ1) is 17.5. The summed E-state index contributed by atoms with van der Waals surface area (Å²) in [6.45, 7) is 0. The van der Waals surface area contributed by atoms with Crippen molar-refractivity contribution in [1.82, 2.24) is 19.1 Å². The van der Waals surface area contributed by atoms with Gasteiger partial charge >= 0.3 is 24.1 Å². The summed E-state index contributed by atoms with van der Waals surface area (Å²) >= 11 is 0. The molecule has 0 radical (unpaired) electrons. The van der Waals surface area contributed by atoms with E-state index in [2.05, 4.69) is 9.97 Å². The highest BCUT2D eigenvalue weighted by Gasteiger charge is 2.39. The Balaban J connectivity index is 1.65. The molecule has 136 valence electrons. The zero-order valence-electron chi connectivity index (χ0n) is 13.7. The Kier molecular flexibility index (Phi) is 5.20. The molecule has 0 aromatic carbocycles. The van der Waals surface area contributed by atoms with E-state index >= 15 is 0 Å². The third-order valence-electron chi connectivity index (χ3n) is 4.18. The molecule has 0 N–H and O–H groups in total. The number of nitrogens with zero attached hydrogens (tertiary/aromatic N) is 4. The Bertz CT molecular complexity index is 731. The molecule has 0 unspecified atom stereocenters. The summed E-state index contributed by atoms with van der Waals surface area (Å²) in [4.78, 5) is 55.8. The maximum absolute atomic E-state index is 12.3. The summed E-state index contributed by atoms with van der Waals surface area (Å²) in [5.74, 6) is -3.33. The number of hydrogen-bond acceptors (Lipinski definition) is 8. The Morgan fingerprint density at radius 2 is 1.19 bits per heavy atom. The quantitative estimate of drug-likeness (QED) is 0.585. The van der Waals surface area contributed by atoms with E-state index in [-0.39, 0.29) is 0 Å². The first-order valence-electron chi connectivity index (χ1n) is 8.04. The van der Waals surface area contributed by atoms with Crippen LogP contribution in [-0.2, 0) is 19.1 Å². The molecule has 0 saturated heterocycles. The van der Waals surface area contributed by atoms with Gasteiger partial charge in [0.25, 0.3) is 0 Å². The summed E-state index contributed by atoms with van der Waals surface area (Å²) in [5.41, 5.74) is 0. The largest absolute Gasteiger partial charge is 0.427 e. The summed E-state index contributed by atoms with van der Waals surface area (Å²) in [6.07, 6.45) is 8.17. The van der Waals surface area contributed by atoms with Crippen LogP contribution in [0.3, 0.4) is 0 Å². The second-order valence-electron chi connectivity index (χ2n) is 5.81. The van der Waals surface area contributed by atoms with E-state index in [1.165, 1.54) is 37.4 Å². The van der Waals surface area contributed by atoms with Gasteiger partial charge in [-0.1, -0.05) is 12.8 Å². The van der Waals surface area contributed by atoms with Gasteiger partial charge in [-0.3, -0.25) is 9.59 Å². The number of ether oxygens (including phenoxy) is 2. The van der Waals surface area contributed by atoms with Crippen LogP contribution in [-0.4, -0.2) is 43.2 Å². The van der Waals surface area contributed by atoms with Crippen molar-refractivity contribution in [3.8, 4) is 0 Å². The lowest BCUT2D eigenvalue weighted by Crippen LogP contribution is -2.37. The smallest absolute Gasteiger partial charge is 0.375 e. The van der Waals surface area contributed by atoms with Crippen molar-refractivity contribution in [3.63, 3.8) is 0 Å². The highest BCUT2D eigenvalue weighted by molar-refractivity contribution is 5.92. The van der Waals surface area contributed by atoms with Gasteiger partial charge in [0.2, 0.25) is 0 Å². The first-order valence-corrected chi connectivity index (χ1v) is 8.04. The predicted octanol–water partition coefficient (Wildman–Crippen LogP) is 1.61. The fourth-order valence-electron chi connectivity index (χ4n) is 2.86. The van der Waals surface area contributed by atoms with Crippen molar-refractivity contribution in [2.75, 3.05) is 0 Å². The molecule has 1 saturated carbocycles. The maximum atomic E-state index is 12.3. The lowest BCUT2D eigenvalue weighted by molar-refractivity contribution is -0.155. The Morgan fingerprint density at radius 3 is 1.54 bits per heavy atom. The zero-order valence-corrected chi connectivity index (χ0v) is 13.7. The van der Waals surface area contributed by atoms with Crippen molar-refractivity contribution < 1.29 is 28.7 Å². The SMILES string of the molecule is O=C(OC(=O)n1ccnc1)[C@@H]1CCCC[C@H]1C(=O)OC(=O)n1ccnc1. The second kappa shape index (κ2) is 7.72. The van der Waals surface area contributed by atoms with Crippen LogP contribution in [0.5, 0.6) is 0 Å². The van der Waals surface area contributed by atoms with Crippen LogP contribution in [0.1, 0.15) is 25.7 Å². The van der Waals surface area contributed by atoms with Crippen molar-refractivity contribution in [2.24, 2.45) is 11.8 Å². The number of aromatic nitrogens is 4. The maximum Gasteiger partial charge on any atom is 0.427 e. The Hall–Kier alpha value is -3.30. The van der Waals surface area contributed by atoms with E-state index in [0.717, 1.165) is 9.13 Å². The third kappa shape index (κ3) is 3.85. The van der Waals surface area contributed by atoms with E-state index in [4.69, 9.17) is 9.47 Å². The van der Waals surface area contributed by atoms with E-state index in [1.807, 2.05) is 0 Å². The highest BCUT2D eigenvalue weighted by atomic mass is 16.6. The lowest BCUT2D eigenvalue weighted by atomic mass is 9.79. The van der Waals surface area contributed by atoms with Crippen LogP contribution in [0.25, 0.3) is 0 Å². The Morgan fingerprint density at radius 1 is 0.769 bits per heavy atom. The van der Waals surface area contributed by atoms with Crippen LogP contribution in [0.2, 0.25) is 0 Å². The van der Waals surface area contributed by atoms with E-state index in [0.29, 0.717) is 25.7 Å². The van der Waals surface area contributed by atoms with Gasteiger partial charge in [0.1, 0.15) is 12.7 Å². The average Bonchev–Trinajstić information content (AvgIpc) is 3.35. The van der Waals surface area contributed by atoms with Crippen LogP contribution in [0, 0.1) is 11.8 Å². The van der Waals surface area contributed by atoms with E-state index < -0.39 is 36.0 Å². The molecule has 1 aliphatic rings. The second-order valence-corrected chi connectivity index (χ2v) is 5.81. The molecule has 0 aliphatic heterocycles. The molecule has 10 nitrogen and oxygen atoms in total. The number of rotatable bonds is 2. The van der Waals surface area contributed by atoms with Gasteiger partial charge < -0.3 is 9.47 Å². The standard InChI is InChI=1S/C16H16N4O6/c21-13(25-15(23)19-7-5-17-9-19)11-3-1-2-4-12(11)14(22)26-16(24)20-8-6-18-10-20/h5-12H,1-4H2/t11-,12-/m1/s1. The molecule has 26 heavy (non-hydrogen) atoms. The topological polar surface area (TPSA) is 122 Å². The van der Waals surface area contributed by atoms with Crippen LogP contribution in [0.15, 0.2) is 37.4 Å². The lowest BCUT2D eigenvalue weighted by Gasteiger charge is -2.27. The number of hydrogen-bond donors (Lipinski definition) is 0.